The number of nitrogens with zero attached hydrogens (tertiary/aromatic N) is 1. The van der Waals surface area contributed by atoms with E-state index in [9.17, 15) is 0 Å². The topological polar surface area (TPSA) is 24.5 Å². The van der Waals surface area contributed by atoms with Gasteiger partial charge in [0.2, 0.25) is 0 Å². The fourth-order valence-electron chi connectivity index (χ4n) is 2.47. The van der Waals surface area contributed by atoms with E-state index in [4.69, 9.17) is 4.74 Å². The summed E-state index contributed by atoms with van der Waals surface area (Å²) in [6.45, 7) is 8.15. The highest BCUT2D eigenvalue weighted by Gasteiger charge is 2.04. The summed E-state index contributed by atoms with van der Waals surface area (Å²) in [7, 11) is 3.94. The first-order valence-electron chi connectivity index (χ1n) is 8.30. The minimum Gasteiger partial charge on any atom is -0.456 e. The van der Waals surface area contributed by atoms with Gasteiger partial charge in [0, 0.05) is 25.5 Å². The lowest BCUT2D eigenvalue weighted by atomic mass is 10.2. The highest BCUT2D eigenvalue weighted by molar-refractivity contribution is 5.57. The van der Waals surface area contributed by atoms with Gasteiger partial charge in [0.15, 0.2) is 0 Å². The van der Waals surface area contributed by atoms with Crippen LogP contribution < -0.4 is 15.0 Å². The number of ether oxygens (including phenoxy) is 1. The second-order valence-corrected chi connectivity index (χ2v) is 5.83. The first kappa shape index (κ1) is 18.4. The van der Waals surface area contributed by atoms with Crippen molar-refractivity contribution >= 4 is 11.4 Å². The average molecular weight is 334 g/mol. The van der Waals surface area contributed by atoms with E-state index in [0.29, 0.717) is 5.76 Å². The third kappa shape index (κ3) is 5.01. The van der Waals surface area contributed by atoms with E-state index in [0.717, 1.165) is 17.1 Å². The van der Waals surface area contributed by atoms with Crippen molar-refractivity contribution in [2.24, 2.45) is 0 Å². The first-order chi connectivity index (χ1) is 12.0. The van der Waals surface area contributed by atoms with Gasteiger partial charge in [-0.3, -0.25) is 0 Å². The van der Waals surface area contributed by atoms with Crippen LogP contribution in [0, 0.1) is 6.92 Å². The Bertz CT molecular complexity index is 790. The number of hydrogen-bond donors (Lipinski definition) is 1. The lowest BCUT2D eigenvalue weighted by Crippen LogP contribution is -2.15. The highest BCUT2D eigenvalue weighted by atomic mass is 16.5. The molecule has 0 unspecified atom stereocenters. The molecule has 0 atom stereocenters. The quantitative estimate of drug-likeness (QED) is 0.532. The Balaban J connectivity index is 2.02. The van der Waals surface area contributed by atoms with E-state index < -0.39 is 0 Å². The number of benzene rings is 2. The van der Waals surface area contributed by atoms with Crippen molar-refractivity contribution in [3.05, 3.63) is 90.4 Å². The summed E-state index contributed by atoms with van der Waals surface area (Å²) in [6, 6.07) is 16.1. The van der Waals surface area contributed by atoms with E-state index in [1.165, 1.54) is 11.3 Å². The maximum absolute atomic E-state index is 5.80. The molecule has 130 valence electrons. The van der Waals surface area contributed by atoms with Gasteiger partial charge >= 0.3 is 0 Å². The molecule has 1 N–H and O–H groups in total. The van der Waals surface area contributed by atoms with Crippen molar-refractivity contribution in [2.45, 2.75) is 13.8 Å². The number of para-hydroxylation sites is 3. The minimum atomic E-state index is 0.588. The normalized spacial score (nSPS) is 11.4. The van der Waals surface area contributed by atoms with Crippen molar-refractivity contribution in [2.75, 3.05) is 24.3 Å². The van der Waals surface area contributed by atoms with Gasteiger partial charge in [-0.2, -0.15) is 0 Å². The summed E-state index contributed by atoms with van der Waals surface area (Å²) in [4.78, 5) is 2.17. The van der Waals surface area contributed by atoms with E-state index in [1.807, 2.05) is 49.5 Å². The van der Waals surface area contributed by atoms with Crippen LogP contribution >= 0.6 is 0 Å². The molecule has 0 saturated heterocycles. The Hall–Kier alpha value is -2.94. The molecule has 0 heterocycles. The summed E-state index contributed by atoms with van der Waals surface area (Å²) in [5.74, 6) is 1.35. The number of nitrogens with one attached hydrogen (secondary N) is 1. The second-order valence-electron chi connectivity index (χ2n) is 5.83. The summed E-state index contributed by atoms with van der Waals surface area (Å²) >= 11 is 0. The third-order valence-corrected chi connectivity index (χ3v) is 4.02. The zero-order valence-electron chi connectivity index (χ0n) is 15.4. The molecule has 0 saturated carbocycles. The zero-order chi connectivity index (χ0) is 18.2. The molecule has 0 fully saturated rings. The fourth-order valence-corrected chi connectivity index (χ4v) is 2.47. The molecule has 0 aliphatic carbocycles. The van der Waals surface area contributed by atoms with Gasteiger partial charge in [0.25, 0.3) is 0 Å². The molecule has 0 aromatic heterocycles. The summed E-state index contributed by atoms with van der Waals surface area (Å²) < 4.78 is 5.80. The SMILES string of the molecule is C=C(C=CC=C(C)N(C)c1ccccc1C)Oc1ccccc1NC. The van der Waals surface area contributed by atoms with Crippen molar-refractivity contribution in [3.63, 3.8) is 0 Å². The van der Waals surface area contributed by atoms with E-state index >= 15 is 0 Å². The van der Waals surface area contributed by atoms with Crippen LogP contribution in [0.15, 0.2) is 84.8 Å². The maximum Gasteiger partial charge on any atom is 0.150 e. The molecule has 0 aliphatic heterocycles. The molecule has 3 heteroatoms. The van der Waals surface area contributed by atoms with E-state index in [-0.39, 0.29) is 0 Å². The lowest BCUT2D eigenvalue weighted by Gasteiger charge is -2.21. The van der Waals surface area contributed by atoms with Gasteiger partial charge in [-0.1, -0.05) is 43.0 Å². The van der Waals surface area contributed by atoms with Crippen LogP contribution in [0.2, 0.25) is 0 Å². The average Bonchev–Trinajstić information content (AvgIpc) is 2.62. The molecule has 0 radical (unpaired) electrons. The zero-order valence-corrected chi connectivity index (χ0v) is 15.4. The van der Waals surface area contributed by atoms with Gasteiger partial charge < -0.3 is 15.0 Å². The molecule has 2 rings (SSSR count). The number of anilines is 2. The Morgan fingerprint density at radius 2 is 1.80 bits per heavy atom. The van der Waals surface area contributed by atoms with E-state index in [1.54, 1.807) is 0 Å². The van der Waals surface area contributed by atoms with Crippen molar-refractivity contribution in [3.8, 4) is 5.75 Å². The van der Waals surface area contributed by atoms with Crippen LogP contribution in [0.25, 0.3) is 0 Å². The molecule has 2 aromatic rings. The van der Waals surface area contributed by atoms with Crippen LogP contribution in [0.1, 0.15) is 12.5 Å². The maximum atomic E-state index is 5.80. The van der Waals surface area contributed by atoms with Gasteiger partial charge in [0.05, 0.1) is 5.69 Å². The Labute approximate surface area is 150 Å². The second kappa shape index (κ2) is 8.78. The molecule has 3 nitrogen and oxygen atoms in total. The Morgan fingerprint density at radius 3 is 2.52 bits per heavy atom. The molecule has 0 aliphatic rings. The number of aryl methyl sites for hydroxylation is 1. The molecule has 0 spiro atoms. The molecular weight excluding hydrogens is 308 g/mol. The minimum absolute atomic E-state index is 0.588. The van der Waals surface area contributed by atoms with Gasteiger partial charge in [-0.25, -0.2) is 0 Å². The third-order valence-electron chi connectivity index (χ3n) is 4.02. The Kier molecular flexibility index (Phi) is 6.47. The molecule has 0 bridgehead atoms. The van der Waals surface area contributed by atoms with Crippen molar-refractivity contribution in [1.82, 2.24) is 0 Å². The molecule has 0 amide bonds. The number of rotatable bonds is 7. The fraction of sp³-hybridized carbons (Fsp3) is 0.182. The highest BCUT2D eigenvalue weighted by Crippen LogP contribution is 2.25. The van der Waals surface area contributed by atoms with Crippen LogP contribution in [-0.2, 0) is 0 Å². The summed E-state index contributed by atoms with van der Waals surface area (Å²) in [5, 5.41) is 3.10. The van der Waals surface area contributed by atoms with Crippen LogP contribution in [-0.4, -0.2) is 14.1 Å². The predicted octanol–water partition coefficient (Wildman–Crippen LogP) is 5.53. The van der Waals surface area contributed by atoms with Crippen LogP contribution in [0.5, 0.6) is 5.75 Å². The lowest BCUT2D eigenvalue weighted by molar-refractivity contribution is 0.449. The largest absolute Gasteiger partial charge is 0.456 e. The van der Waals surface area contributed by atoms with Gasteiger partial charge in [-0.15, -0.1) is 0 Å². The van der Waals surface area contributed by atoms with Crippen molar-refractivity contribution in [1.29, 1.82) is 0 Å². The first-order valence-corrected chi connectivity index (χ1v) is 8.30. The smallest absolute Gasteiger partial charge is 0.150 e. The Morgan fingerprint density at radius 1 is 1.12 bits per heavy atom. The number of hydrogen-bond acceptors (Lipinski definition) is 3. The molecule has 25 heavy (non-hydrogen) atoms. The monoisotopic (exact) mass is 334 g/mol. The van der Waals surface area contributed by atoms with E-state index in [2.05, 4.69) is 62.0 Å². The van der Waals surface area contributed by atoms with Crippen molar-refractivity contribution < 1.29 is 4.74 Å². The van der Waals surface area contributed by atoms with Crippen LogP contribution in [0.4, 0.5) is 11.4 Å². The molecular formula is C22H26N2O. The standard InChI is InChI=1S/C22H26N2O/c1-17-11-6-8-15-21(17)24(5)18(2)12-10-13-19(3)25-22-16-9-7-14-20(22)23-4/h6-16,23H,3H2,1-2,4-5H3. The van der Waals surface area contributed by atoms with Crippen LogP contribution in [0.3, 0.4) is 0 Å². The number of allylic oxidation sites excluding steroid dienone is 4. The predicted molar refractivity (Wildman–Crippen MR) is 108 cm³/mol. The summed E-state index contributed by atoms with van der Waals surface area (Å²) in [5.41, 5.74) is 4.51. The van der Waals surface area contributed by atoms with Gasteiger partial charge in [-0.05, 0) is 49.8 Å². The molecule has 2 aromatic carbocycles. The summed E-state index contributed by atoms with van der Waals surface area (Å²) in [6.07, 6.45) is 5.86. The van der Waals surface area contributed by atoms with Gasteiger partial charge in [0.1, 0.15) is 11.5 Å².